The lowest BCUT2D eigenvalue weighted by Crippen LogP contribution is -2.21. The van der Waals surface area contributed by atoms with Crippen LogP contribution in [0.3, 0.4) is 0 Å². The number of anilines is 1. The number of amides is 1. The van der Waals surface area contributed by atoms with Gasteiger partial charge in [0.15, 0.2) is 12.3 Å². The number of carbonyl (C=O) groups is 2. The zero-order chi connectivity index (χ0) is 22.7. The molecule has 0 aliphatic carbocycles. The minimum absolute atomic E-state index is 0.0650. The van der Waals surface area contributed by atoms with Crippen molar-refractivity contribution in [1.82, 2.24) is 14.8 Å². The van der Waals surface area contributed by atoms with E-state index in [0.29, 0.717) is 28.0 Å². The zero-order valence-corrected chi connectivity index (χ0v) is 18.2. The van der Waals surface area contributed by atoms with Gasteiger partial charge in [0.2, 0.25) is 0 Å². The molecule has 0 saturated heterocycles. The van der Waals surface area contributed by atoms with Crippen LogP contribution in [0, 0.1) is 6.92 Å². The predicted molar refractivity (Wildman–Crippen MR) is 123 cm³/mol. The lowest BCUT2D eigenvalue weighted by molar-refractivity contribution is -0.119. The highest BCUT2D eigenvalue weighted by atomic mass is 16.5. The summed E-state index contributed by atoms with van der Waals surface area (Å²) in [5, 5.41) is 7.71. The Balaban J connectivity index is 1.60. The molecule has 0 saturated carbocycles. The van der Waals surface area contributed by atoms with Crippen molar-refractivity contribution in [2.45, 2.75) is 26.8 Å². The van der Waals surface area contributed by atoms with Crippen molar-refractivity contribution in [3.05, 3.63) is 78.0 Å². The highest BCUT2D eigenvalue weighted by Gasteiger charge is 2.20. The van der Waals surface area contributed by atoms with E-state index in [1.165, 1.54) is 0 Å². The van der Waals surface area contributed by atoms with Crippen molar-refractivity contribution in [1.29, 1.82) is 0 Å². The monoisotopic (exact) mass is 428 g/mol. The van der Waals surface area contributed by atoms with Gasteiger partial charge in [0.1, 0.15) is 0 Å². The van der Waals surface area contributed by atoms with Crippen LogP contribution in [0.1, 0.15) is 35.8 Å². The van der Waals surface area contributed by atoms with Crippen LogP contribution < -0.4 is 5.32 Å². The molecule has 0 aliphatic heterocycles. The van der Waals surface area contributed by atoms with E-state index in [-0.39, 0.29) is 6.04 Å². The molecule has 0 radical (unpaired) electrons. The molecule has 0 fully saturated rings. The molecule has 162 valence electrons. The van der Waals surface area contributed by atoms with Gasteiger partial charge in [-0.25, -0.2) is 14.5 Å². The average molecular weight is 428 g/mol. The third-order valence-corrected chi connectivity index (χ3v) is 5.02. The van der Waals surface area contributed by atoms with Gasteiger partial charge in [0.05, 0.1) is 22.8 Å². The molecule has 4 rings (SSSR count). The molecule has 2 aromatic carbocycles. The first-order valence-corrected chi connectivity index (χ1v) is 10.4. The molecule has 0 aliphatic rings. The molecule has 2 aromatic heterocycles. The highest BCUT2D eigenvalue weighted by molar-refractivity contribution is 6.04. The lowest BCUT2D eigenvalue weighted by Gasteiger charge is -2.11. The van der Waals surface area contributed by atoms with E-state index in [1.54, 1.807) is 29.1 Å². The summed E-state index contributed by atoms with van der Waals surface area (Å²) in [5.41, 5.74) is 4.16. The van der Waals surface area contributed by atoms with E-state index >= 15 is 0 Å². The van der Waals surface area contributed by atoms with Crippen LogP contribution in [0.25, 0.3) is 22.3 Å². The standard InChI is InChI=1S/C25H24N4O3/c1-16(2)29-24-21(14-26-29)20(13-22(28-24)18-7-5-4-6-8-18)25(31)32-15-23(30)27-19-11-9-17(3)10-12-19/h4-14,16H,15H2,1-3H3,(H,27,30). The van der Waals surface area contributed by atoms with Gasteiger partial charge in [0.25, 0.3) is 5.91 Å². The number of fused-ring (bicyclic) bond motifs is 1. The van der Waals surface area contributed by atoms with Crippen LogP contribution in [0.5, 0.6) is 0 Å². The quantitative estimate of drug-likeness (QED) is 0.447. The van der Waals surface area contributed by atoms with E-state index < -0.39 is 18.5 Å². The number of nitrogens with one attached hydrogen (secondary N) is 1. The molecule has 2 heterocycles. The van der Waals surface area contributed by atoms with Gasteiger partial charge in [-0.3, -0.25) is 4.79 Å². The Morgan fingerprint density at radius 2 is 1.78 bits per heavy atom. The van der Waals surface area contributed by atoms with Crippen molar-refractivity contribution < 1.29 is 14.3 Å². The van der Waals surface area contributed by atoms with Gasteiger partial charge in [0, 0.05) is 17.3 Å². The smallest absolute Gasteiger partial charge is 0.339 e. The fourth-order valence-electron chi connectivity index (χ4n) is 3.36. The van der Waals surface area contributed by atoms with Crippen molar-refractivity contribution in [2.75, 3.05) is 11.9 Å². The summed E-state index contributed by atoms with van der Waals surface area (Å²) in [6.07, 6.45) is 1.61. The molecule has 0 atom stereocenters. The van der Waals surface area contributed by atoms with Gasteiger partial charge >= 0.3 is 5.97 Å². The van der Waals surface area contributed by atoms with E-state index in [4.69, 9.17) is 9.72 Å². The summed E-state index contributed by atoms with van der Waals surface area (Å²) < 4.78 is 7.11. The maximum Gasteiger partial charge on any atom is 0.339 e. The average Bonchev–Trinajstić information content (AvgIpc) is 3.23. The maximum atomic E-state index is 13.0. The number of carbonyl (C=O) groups excluding carboxylic acids is 2. The van der Waals surface area contributed by atoms with Gasteiger partial charge < -0.3 is 10.1 Å². The minimum atomic E-state index is -0.600. The van der Waals surface area contributed by atoms with Crippen LogP contribution in [0.15, 0.2) is 66.9 Å². The molecule has 0 spiro atoms. The molecular formula is C25H24N4O3. The highest BCUT2D eigenvalue weighted by Crippen LogP contribution is 2.26. The molecule has 4 aromatic rings. The van der Waals surface area contributed by atoms with Crippen molar-refractivity contribution in [3.8, 4) is 11.3 Å². The van der Waals surface area contributed by atoms with E-state index in [2.05, 4.69) is 10.4 Å². The van der Waals surface area contributed by atoms with Gasteiger partial charge in [-0.2, -0.15) is 5.10 Å². The fraction of sp³-hybridized carbons (Fsp3) is 0.200. The first kappa shape index (κ1) is 21.2. The third-order valence-electron chi connectivity index (χ3n) is 5.02. The lowest BCUT2D eigenvalue weighted by atomic mass is 10.1. The molecule has 32 heavy (non-hydrogen) atoms. The van der Waals surface area contributed by atoms with E-state index in [9.17, 15) is 9.59 Å². The number of pyridine rings is 1. The molecule has 7 nitrogen and oxygen atoms in total. The van der Waals surface area contributed by atoms with Crippen molar-refractivity contribution in [2.24, 2.45) is 0 Å². The minimum Gasteiger partial charge on any atom is -0.452 e. The number of aryl methyl sites for hydroxylation is 1. The number of hydrogen-bond donors (Lipinski definition) is 1. The first-order chi connectivity index (χ1) is 15.4. The SMILES string of the molecule is Cc1ccc(NC(=O)COC(=O)c2cc(-c3ccccc3)nc3c2cnn3C(C)C)cc1. The topological polar surface area (TPSA) is 86.1 Å². The Hall–Kier alpha value is -4.00. The normalized spacial score (nSPS) is 11.0. The van der Waals surface area contributed by atoms with Crippen molar-refractivity contribution in [3.63, 3.8) is 0 Å². The summed E-state index contributed by atoms with van der Waals surface area (Å²) in [6, 6.07) is 18.7. The molecule has 0 bridgehead atoms. The maximum absolute atomic E-state index is 13.0. The number of esters is 1. The summed E-state index contributed by atoms with van der Waals surface area (Å²) in [4.78, 5) is 30.0. The van der Waals surface area contributed by atoms with Crippen molar-refractivity contribution >= 4 is 28.6 Å². The Kier molecular flexibility index (Phi) is 5.98. The van der Waals surface area contributed by atoms with Crippen LogP contribution in [0.2, 0.25) is 0 Å². The van der Waals surface area contributed by atoms with Gasteiger partial charge in [-0.05, 0) is 39.0 Å². The second-order valence-electron chi connectivity index (χ2n) is 7.83. The van der Waals surface area contributed by atoms with E-state index in [0.717, 1.165) is 11.1 Å². The number of aromatic nitrogens is 3. The van der Waals surface area contributed by atoms with Crippen LogP contribution in [0.4, 0.5) is 5.69 Å². The Morgan fingerprint density at radius 1 is 1.06 bits per heavy atom. The molecular weight excluding hydrogens is 404 g/mol. The summed E-state index contributed by atoms with van der Waals surface area (Å²) >= 11 is 0. The Morgan fingerprint density at radius 3 is 2.47 bits per heavy atom. The number of benzene rings is 2. The Bertz CT molecular complexity index is 1260. The van der Waals surface area contributed by atoms with Gasteiger partial charge in [-0.1, -0.05) is 48.0 Å². The summed E-state index contributed by atoms with van der Waals surface area (Å²) in [5.74, 6) is -1.01. The molecule has 7 heteroatoms. The molecule has 0 unspecified atom stereocenters. The van der Waals surface area contributed by atoms with Crippen LogP contribution in [-0.2, 0) is 9.53 Å². The van der Waals surface area contributed by atoms with Gasteiger partial charge in [-0.15, -0.1) is 0 Å². The first-order valence-electron chi connectivity index (χ1n) is 10.4. The Labute approximate surface area is 186 Å². The second-order valence-corrected chi connectivity index (χ2v) is 7.83. The number of hydrogen-bond acceptors (Lipinski definition) is 5. The molecule has 1 amide bonds. The predicted octanol–water partition coefficient (Wildman–Crippen LogP) is 4.78. The number of ether oxygens (including phenoxy) is 1. The fourth-order valence-corrected chi connectivity index (χ4v) is 3.36. The second kappa shape index (κ2) is 9.01. The molecule has 1 N–H and O–H groups in total. The van der Waals surface area contributed by atoms with E-state index in [1.807, 2.05) is 63.2 Å². The van der Waals surface area contributed by atoms with Crippen LogP contribution in [-0.4, -0.2) is 33.2 Å². The largest absolute Gasteiger partial charge is 0.452 e. The number of rotatable bonds is 6. The summed E-state index contributed by atoms with van der Waals surface area (Å²) in [6.45, 7) is 5.57. The zero-order valence-electron chi connectivity index (χ0n) is 18.2. The number of nitrogens with zero attached hydrogens (tertiary/aromatic N) is 3. The third kappa shape index (κ3) is 4.51. The summed E-state index contributed by atoms with van der Waals surface area (Å²) in [7, 11) is 0. The van der Waals surface area contributed by atoms with Crippen LogP contribution >= 0.6 is 0 Å².